The number of furan rings is 1. The van der Waals surface area contributed by atoms with Gasteiger partial charge in [-0.2, -0.15) is 11.8 Å². The Kier molecular flexibility index (Phi) is 6.49. The molecule has 136 valence electrons. The van der Waals surface area contributed by atoms with Gasteiger partial charge in [0, 0.05) is 16.9 Å². The highest BCUT2D eigenvalue weighted by Gasteiger charge is 2.26. The van der Waals surface area contributed by atoms with Crippen molar-refractivity contribution < 1.29 is 14.3 Å². The number of thioether (sulfide) groups is 1. The normalized spacial score (nSPS) is 16.8. The highest BCUT2D eigenvalue weighted by atomic mass is 32.2. The summed E-state index contributed by atoms with van der Waals surface area (Å²) >= 11 is 1.78. The Morgan fingerprint density at radius 3 is 2.60 bits per heavy atom. The molecule has 1 atom stereocenters. The van der Waals surface area contributed by atoms with Crippen molar-refractivity contribution in [2.24, 2.45) is 5.92 Å². The molecule has 1 saturated carbocycles. The molecule has 0 aliphatic heterocycles. The number of hydrogen-bond donors (Lipinski definition) is 1. The Morgan fingerprint density at radius 2 is 1.92 bits per heavy atom. The molecule has 2 aromatic rings. The van der Waals surface area contributed by atoms with Crippen LogP contribution in [-0.2, 0) is 0 Å². The van der Waals surface area contributed by atoms with Crippen LogP contribution in [0.3, 0.4) is 0 Å². The number of benzene rings is 1. The number of hydrogen-bond acceptors (Lipinski definition) is 4. The van der Waals surface area contributed by atoms with Gasteiger partial charge in [0.15, 0.2) is 0 Å². The van der Waals surface area contributed by atoms with Crippen LogP contribution < -0.4 is 4.74 Å². The minimum Gasteiger partial charge on any atom is -0.493 e. The van der Waals surface area contributed by atoms with Gasteiger partial charge in [-0.1, -0.05) is 19.3 Å². The summed E-state index contributed by atoms with van der Waals surface area (Å²) in [6.07, 6.45) is 7.64. The Balaban J connectivity index is 1.70. The Morgan fingerprint density at radius 1 is 1.20 bits per heavy atom. The zero-order valence-corrected chi connectivity index (χ0v) is 16.0. The van der Waals surface area contributed by atoms with Crippen LogP contribution in [0.25, 0.3) is 11.3 Å². The maximum absolute atomic E-state index is 10.8. The molecule has 0 spiro atoms. The summed E-state index contributed by atoms with van der Waals surface area (Å²) in [4.78, 5) is 0. The van der Waals surface area contributed by atoms with Crippen molar-refractivity contribution >= 4 is 11.8 Å². The first kappa shape index (κ1) is 18.4. The van der Waals surface area contributed by atoms with Crippen LogP contribution in [0.4, 0.5) is 0 Å². The predicted molar refractivity (Wildman–Crippen MR) is 104 cm³/mol. The SMILES string of the molecule is CSCCOc1ccc(-c2cc(C(O)C3CCCCC3)c(C)o2)cc1. The van der Waals surface area contributed by atoms with Crippen molar-refractivity contribution in [3.8, 4) is 17.1 Å². The molecule has 25 heavy (non-hydrogen) atoms. The Bertz CT molecular complexity index is 656. The van der Waals surface area contributed by atoms with Gasteiger partial charge in [0.2, 0.25) is 0 Å². The van der Waals surface area contributed by atoms with Crippen molar-refractivity contribution in [2.75, 3.05) is 18.6 Å². The fourth-order valence-corrected chi connectivity index (χ4v) is 3.84. The third-order valence-electron chi connectivity index (χ3n) is 5.07. The van der Waals surface area contributed by atoms with Gasteiger partial charge in [-0.3, -0.25) is 0 Å². The van der Waals surface area contributed by atoms with Crippen molar-refractivity contribution in [2.45, 2.75) is 45.1 Å². The molecule has 0 radical (unpaired) electrons. The lowest BCUT2D eigenvalue weighted by Crippen LogP contribution is -2.16. The first-order valence-corrected chi connectivity index (χ1v) is 10.6. The van der Waals surface area contributed by atoms with E-state index in [9.17, 15) is 5.11 Å². The lowest BCUT2D eigenvalue weighted by molar-refractivity contribution is 0.0835. The van der Waals surface area contributed by atoms with E-state index < -0.39 is 6.10 Å². The minimum absolute atomic E-state index is 0.366. The fourth-order valence-electron chi connectivity index (χ4n) is 3.59. The smallest absolute Gasteiger partial charge is 0.134 e. The van der Waals surface area contributed by atoms with Gasteiger partial charge in [-0.15, -0.1) is 0 Å². The molecule has 1 aromatic heterocycles. The van der Waals surface area contributed by atoms with E-state index >= 15 is 0 Å². The topological polar surface area (TPSA) is 42.6 Å². The van der Waals surface area contributed by atoms with E-state index in [0.717, 1.165) is 53.6 Å². The molecule has 4 heteroatoms. The summed E-state index contributed by atoms with van der Waals surface area (Å²) in [5.41, 5.74) is 1.96. The zero-order chi connectivity index (χ0) is 17.6. The molecule has 1 N–H and O–H groups in total. The molecule has 3 nitrogen and oxygen atoms in total. The van der Waals surface area contributed by atoms with E-state index in [4.69, 9.17) is 9.15 Å². The van der Waals surface area contributed by atoms with E-state index in [-0.39, 0.29) is 0 Å². The standard InChI is InChI=1S/C21H28O3S/c1-15-19(21(22)17-6-4-3-5-7-17)14-20(24-15)16-8-10-18(11-9-16)23-12-13-25-2/h8-11,14,17,21-22H,3-7,12-13H2,1-2H3. The van der Waals surface area contributed by atoms with Gasteiger partial charge >= 0.3 is 0 Å². The van der Waals surface area contributed by atoms with Crippen LogP contribution in [0.2, 0.25) is 0 Å². The first-order valence-electron chi connectivity index (χ1n) is 9.19. The van der Waals surface area contributed by atoms with Crippen LogP contribution in [0, 0.1) is 12.8 Å². The van der Waals surface area contributed by atoms with Gasteiger partial charge in [0.25, 0.3) is 0 Å². The Hall–Kier alpha value is -1.39. The molecule has 0 amide bonds. The van der Waals surface area contributed by atoms with Crippen molar-refractivity contribution in [1.82, 2.24) is 0 Å². The predicted octanol–water partition coefficient (Wildman–Crippen LogP) is 5.61. The van der Waals surface area contributed by atoms with Crippen molar-refractivity contribution in [3.05, 3.63) is 41.7 Å². The second-order valence-electron chi connectivity index (χ2n) is 6.83. The molecule has 1 aromatic carbocycles. The maximum Gasteiger partial charge on any atom is 0.134 e. The van der Waals surface area contributed by atoms with E-state index in [1.807, 2.05) is 37.3 Å². The molecule has 1 heterocycles. The number of aliphatic hydroxyl groups is 1. The summed E-state index contributed by atoms with van der Waals surface area (Å²) < 4.78 is 11.6. The van der Waals surface area contributed by atoms with Gasteiger partial charge < -0.3 is 14.3 Å². The number of ether oxygens (including phenoxy) is 1. The van der Waals surface area contributed by atoms with Crippen LogP contribution in [0.15, 0.2) is 34.7 Å². The van der Waals surface area contributed by atoms with Crippen molar-refractivity contribution in [1.29, 1.82) is 0 Å². The molecule has 0 bridgehead atoms. The van der Waals surface area contributed by atoms with Crippen LogP contribution >= 0.6 is 11.8 Å². The molecular formula is C21H28O3S. The number of rotatable bonds is 7. The molecule has 1 fully saturated rings. The van der Waals surface area contributed by atoms with Crippen molar-refractivity contribution in [3.63, 3.8) is 0 Å². The highest BCUT2D eigenvalue weighted by Crippen LogP contribution is 2.38. The van der Waals surface area contributed by atoms with Crippen LogP contribution in [-0.4, -0.2) is 23.7 Å². The largest absolute Gasteiger partial charge is 0.493 e. The van der Waals surface area contributed by atoms with E-state index in [1.54, 1.807) is 11.8 Å². The third kappa shape index (κ3) is 4.62. The number of aliphatic hydroxyl groups excluding tert-OH is 1. The molecule has 1 unspecified atom stereocenters. The summed E-state index contributed by atoms with van der Waals surface area (Å²) in [5.74, 6) is 3.88. The third-order valence-corrected chi connectivity index (χ3v) is 5.64. The zero-order valence-electron chi connectivity index (χ0n) is 15.2. The monoisotopic (exact) mass is 360 g/mol. The summed E-state index contributed by atoms with van der Waals surface area (Å²) in [6, 6.07) is 10.0. The van der Waals surface area contributed by atoms with Gasteiger partial charge in [0.05, 0.1) is 12.7 Å². The minimum atomic E-state index is -0.410. The van der Waals surface area contributed by atoms with E-state index in [0.29, 0.717) is 5.92 Å². The van der Waals surface area contributed by atoms with Crippen LogP contribution in [0.5, 0.6) is 5.75 Å². The van der Waals surface area contributed by atoms with Crippen LogP contribution in [0.1, 0.15) is 49.5 Å². The van der Waals surface area contributed by atoms with Gasteiger partial charge in [0.1, 0.15) is 17.3 Å². The lowest BCUT2D eigenvalue weighted by Gasteiger charge is -2.26. The van der Waals surface area contributed by atoms with Gasteiger partial charge in [-0.25, -0.2) is 0 Å². The second kappa shape index (κ2) is 8.81. The average molecular weight is 361 g/mol. The fraction of sp³-hybridized carbons (Fsp3) is 0.524. The van der Waals surface area contributed by atoms with E-state index in [2.05, 4.69) is 6.26 Å². The Labute approximate surface area is 154 Å². The second-order valence-corrected chi connectivity index (χ2v) is 7.82. The molecule has 3 rings (SSSR count). The maximum atomic E-state index is 10.8. The van der Waals surface area contributed by atoms with Gasteiger partial charge in [-0.05, 0) is 62.3 Å². The summed E-state index contributed by atoms with van der Waals surface area (Å²) in [6.45, 7) is 2.67. The molecule has 1 aliphatic rings. The molecule has 1 aliphatic carbocycles. The quantitative estimate of drug-likeness (QED) is 0.652. The summed E-state index contributed by atoms with van der Waals surface area (Å²) in [5, 5.41) is 10.8. The first-order chi connectivity index (χ1) is 12.2. The molecule has 0 saturated heterocycles. The van der Waals surface area contributed by atoms with E-state index in [1.165, 1.54) is 19.3 Å². The summed E-state index contributed by atoms with van der Waals surface area (Å²) in [7, 11) is 0. The highest BCUT2D eigenvalue weighted by molar-refractivity contribution is 7.98. The lowest BCUT2D eigenvalue weighted by atomic mass is 9.83. The molecular weight excluding hydrogens is 332 g/mol. The number of aryl methyl sites for hydroxylation is 1. The average Bonchev–Trinajstić information content (AvgIpc) is 3.04.